The Hall–Kier alpha value is -7.89. The maximum atomic E-state index is 5.16. The van der Waals surface area contributed by atoms with Crippen molar-refractivity contribution in [1.82, 2.24) is 24.9 Å². The predicted octanol–water partition coefficient (Wildman–Crippen LogP) is 13.2. The topological polar surface area (TPSA) is 64.5 Å². The second-order valence-electron chi connectivity index (χ2n) is 17.3. The smallest absolute Gasteiger partial charge is 0.163 e. The van der Waals surface area contributed by atoms with E-state index in [-0.39, 0.29) is 11.8 Å². The van der Waals surface area contributed by atoms with Gasteiger partial charge in [0.1, 0.15) is 5.82 Å². The number of benzene rings is 7. The van der Waals surface area contributed by atoms with Crippen LogP contribution in [-0.2, 0) is 0 Å². The molecule has 2 aliphatic carbocycles. The molecule has 0 amide bonds. The van der Waals surface area contributed by atoms with Crippen LogP contribution in [0.15, 0.2) is 182 Å². The highest BCUT2D eigenvalue weighted by molar-refractivity contribution is 6.04. The number of nitrogens with zero attached hydrogens (tertiary/aromatic N) is 5. The number of rotatable bonds is 8. The molecule has 5 heteroatoms. The fourth-order valence-electron chi connectivity index (χ4n) is 9.37. The summed E-state index contributed by atoms with van der Waals surface area (Å²) in [6.45, 7) is 6.50. The molecule has 2 unspecified atom stereocenters. The lowest BCUT2D eigenvalue weighted by molar-refractivity contribution is 0.602. The van der Waals surface area contributed by atoms with Crippen LogP contribution in [0.1, 0.15) is 48.2 Å². The number of aryl methyl sites for hydroxylation is 2. The van der Waals surface area contributed by atoms with E-state index in [2.05, 4.69) is 179 Å². The highest BCUT2D eigenvalue weighted by Crippen LogP contribution is 2.40. The fourth-order valence-corrected chi connectivity index (χ4v) is 9.37. The molecule has 5 nitrogen and oxygen atoms in total. The first-order valence-corrected chi connectivity index (χ1v) is 22.6. The van der Waals surface area contributed by atoms with Gasteiger partial charge >= 0.3 is 0 Å². The molecule has 2 heterocycles. The Labute approximate surface area is 380 Å². The van der Waals surface area contributed by atoms with Gasteiger partial charge in [-0.1, -0.05) is 206 Å². The Morgan fingerprint density at radius 1 is 0.431 bits per heavy atom. The second kappa shape index (κ2) is 17.0. The molecule has 2 atom stereocenters. The first-order valence-electron chi connectivity index (χ1n) is 22.6. The Morgan fingerprint density at radius 2 is 0.908 bits per heavy atom. The minimum Gasteiger partial charge on any atom is -0.228 e. The van der Waals surface area contributed by atoms with Gasteiger partial charge in [0.2, 0.25) is 0 Å². The summed E-state index contributed by atoms with van der Waals surface area (Å²) in [6, 6.07) is 57.5. The fraction of sp³-hybridized carbons (Fsp3) is 0.117. The van der Waals surface area contributed by atoms with Crippen molar-refractivity contribution in [3.05, 3.63) is 215 Å². The number of fused-ring (bicyclic) bond motifs is 3. The molecule has 312 valence electrons. The third-order valence-electron chi connectivity index (χ3n) is 12.8. The SMILES string of the molecule is Cc1ccc(-c2cc(-c3ccc(-c4c(C5=CC(C)C(c6nc(-c7ccccc7)nc(-c7ccc(C)cc7)n6)C=C5)c5ccccc5c5c4=CCCC=5)cc3)nc(-c3ccccc3)n2)cc1. The molecule has 0 radical (unpaired) electrons. The van der Waals surface area contributed by atoms with E-state index in [1.807, 2.05) is 36.4 Å². The predicted molar refractivity (Wildman–Crippen MR) is 268 cm³/mol. The Morgan fingerprint density at radius 3 is 1.49 bits per heavy atom. The number of aromatic nitrogens is 5. The summed E-state index contributed by atoms with van der Waals surface area (Å²) in [5, 5.41) is 5.14. The third-order valence-corrected chi connectivity index (χ3v) is 12.8. The average molecular weight is 838 g/mol. The van der Waals surface area contributed by atoms with Crippen LogP contribution in [0.5, 0.6) is 0 Å². The summed E-state index contributed by atoms with van der Waals surface area (Å²) in [6.07, 6.45) is 13.9. The first kappa shape index (κ1) is 39.9. The van der Waals surface area contributed by atoms with Gasteiger partial charge in [0, 0.05) is 33.7 Å². The molecule has 0 N–H and O–H groups in total. The van der Waals surface area contributed by atoms with E-state index in [9.17, 15) is 0 Å². The molecule has 9 aromatic rings. The molecular formula is C60H47N5. The molecule has 0 aliphatic heterocycles. The molecule has 7 aromatic carbocycles. The van der Waals surface area contributed by atoms with Gasteiger partial charge in [0.05, 0.1) is 11.4 Å². The van der Waals surface area contributed by atoms with Crippen LogP contribution in [-0.4, -0.2) is 24.9 Å². The zero-order valence-corrected chi connectivity index (χ0v) is 36.8. The quantitative estimate of drug-likeness (QED) is 0.153. The van der Waals surface area contributed by atoms with E-state index in [1.54, 1.807) is 0 Å². The highest BCUT2D eigenvalue weighted by atomic mass is 15.0. The third kappa shape index (κ3) is 7.80. The van der Waals surface area contributed by atoms with Crippen LogP contribution in [0, 0.1) is 19.8 Å². The lowest BCUT2D eigenvalue weighted by Crippen LogP contribution is -2.31. The van der Waals surface area contributed by atoms with Crippen molar-refractivity contribution in [3.63, 3.8) is 0 Å². The minimum absolute atomic E-state index is 0.0432. The van der Waals surface area contributed by atoms with Crippen molar-refractivity contribution in [3.8, 4) is 67.8 Å². The summed E-state index contributed by atoms with van der Waals surface area (Å²) in [4.78, 5) is 25.5. The number of hydrogen-bond donors (Lipinski definition) is 0. The zero-order chi connectivity index (χ0) is 43.9. The molecule has 0 saturated heterocycles. The van der Waals surface area contributed by atoms with E-state index in [0.29, 0.717) is 17.5 Å². The first-order chi connectivity index (χ1) is 31.9. The minimum atomic E-state index is -0.0432. The van der Waals surface area contributed by atoms with E-state index in [4.69, 9.17) is 24.9 Å². The summed E-state index contributed by atoms with van der Waals surface area (Å²) in [5.41, 5.74) is 14.1. The summed E-state index contributed by atoms with van der Waals surface area (Å²) in [7, 11) is 0. The van der Waals surface area contributed by atoms with Gasteiger partial charge in [-0.2, -0.15) is 0 Å². The van der Waals surface area contributed by atoms with E-state index in [1.165, 1.54) is 54.6 Å². The standard InChI is InChI=1S/C60H47N5/c1-38-22-26-41(27-23-38)53-37-54(62-57(61-53)44-14-6-4-7-15-44)42-30-32-43(33-31-42)55-51-20-12-10-18-49(51)50-19-11-13-21-52(50)56(55)47-34-35-48(40(3)36-47)60-64-58(45-16-8-5-9-17-45)63-59(65-60)46-28-24-39(2)25-29-46/h4-9,11,13-37,40,48H,10,12H2,1-3H3. The molecule has 2 aromatic heterocycles. The zero-order valence-electron chi connectivity index (χ0n) is 36.8. The molecule has 0 bridgehead atoms. The Balaban J connectivity index is 1.02. The van der Waals surface area contributed by atoms with E-state index < -0.39 is 0 Å². The van der Waals surface area contributed by atoms with Crippen molar-refractivity contribution in [2.24, 2.45) is 5.92 Å². The lowest BCUT2D eigenvalue weighted by atomic mass is 9.80. The molecule has 11 rings (SSSR count). The van der Waals surface area contributed by atoms with Gasteiger partial charge in [-0.15, -0.1) is 0 Å². The number of allylic oxidation sites excluding steroid dienone is 4. The number of hydrogen-bond acceptors (Lipinski definition) is 5. The molecule has 65 heavy (non-hydrogen) atoms. The van der Waals surface area contributed by atoms with E-state index >= 15 is 0 Å². The average Bonchev–Trinajstić information content (AvgIpc) is 3.36. The molecular weight excluding hydrogens is 791 g/mol. The van der Waals surface area contributed by atoms with Crippen LogP contribution in [0.4, 0.5) is 0 Å². The van der Waals surface area contributed by atoms with Crippen molar-refractivity contribution in [2.75, 3.05) is 0 Å². The molecule has 0 fully saturated rings. The maximum Gasteiger partial charge on any atom is 0.163 e. The van der Waals surface area contributed by atoms with Crippen molar-refractivity contribution in [2.45, 2.75) is 39.5 Å². The van der Waals surface area contributed by atoms with Crippen LogP contribution < -0.4 is 10.4 Å². The summed E-state index contributed by atoms with van der Waals surface area (Å²) < 4.78 is 0. The van der Waals surface area contributed by atoms with Crippen LogP contribution in [0.2, 0.25) is 0 Å². The Kier molecular flexibility index (Phi) is 10.4. The van der Waals surface area contributed by atoms with Crippen LogP contribution in [0.3, 0.4) is 0 Å². The van der Waals surface area contributed by atoms with Crippen LogP contribution in [0.25, 0.3) is 96.3 Å². The van der Waals surface area contributed by atoms with Gasteiger partial charge in [-0.25, -0.2) is 24.9 Å². The van der Waals surface area contributed by atoms with Crippen molar-refractivity contribution < 1.29 is 0 Å². The molecule has 0 saturated carbocycles. The molecule has 2 aliphatic rings. The lowest BCUT2D eigenvalue weighted by Gasteiger charge is -2.25. The van der Waals surface area contributed by atoms with Gasteiger partial charge < -0.3 is 0 Å². The largest absolute Gasteiger partial charge is 0.228 e. The Bertz CT molecular complexity index is 3430. The normalized spacial score (nSPS) is 15.5. The maximum absolute atomic E-state index is 5.16. The van der Waals surface area contributed by atoms with Gasteiger partial charge in [0.25, 0.3) is 0 Å². The monoisotopic (exact) mass is 837 g/mol. The summed E-state index contributed by atoms with van der Waals surface area (Å²) in [5.74, 6) is 2.91. The highest BCUT2D eigenvalue weighted by Gasteiger charge is 2.27. The van der Waals surface area contributed by atoms with Crippen molar-refractivity contribution in [1.29, 1.82) is 0 Å². The molecule has 0 spiro atoms. The van der Waals surface area contributed by atoms with Crippen LogP contribution >= 0.6 is 0 Å². The summed E-state index contributed by atoms with van der Waals surface area (Å²) >= 11 is 0. The van der Waals surface area contributed by atoms with Gasteiger partial charge in [0.15, 0.2) is 17.5 Å². The van der Waals surface area contributed by atoms with Gasteiger partial charge in [-0.3, -0.25) is 0 Å². The second-order valence-corrected chi connectivity index (χ2v) is 17.3. The van der Waals surface area contributed by atoms with Crippen molar-refractivity contribution >= 4 is 28.5 Å². The van der Waals surface area contributed by atoms with E-state index in [0.717, 1.165) is 57.9 Å². The van der Waals surface area contributed by atoms with Gasteiger partial charge in [-0.05, 0) is 82.1 Å².